The Labute approximate surface area is 111 Å². The molecule has 0 spiro atoms. The zero-order chi connectivity index (χ0) is 12.5. The van der Waals surface area contributed by atoms with Crippen LogP contribution in [0.5, 0.6) is 0 Å². The summed E-state index contributed by atoms with van der Waals surface area (Å²) in [7, 11) is 0. The van der Waals surface area contributed by atoms with Crippen LogP contribution in [0, 0.1) is 13.8 Å². The van der Waals surface area contributed by atoms with E-state index < -0.39 is 0 Å². The summed E-state index contributed by atoms with van der Waals surface area (Å²) in [4.78, 5) is 5.30. The molecule has 1 aromatic carbocycles. The molecule has 2 nitrogen and oxygen atoms in total. The second kappa shape index (κ2) is 4.93. The normalized spacial score (nSPS) is 25.0. The molecular formula is C16H24N2. The lowest BCUT2D eigenvalue weighted by Crippen LogP contribution is -2.36. The van der Waals surface area contributed by atoms with Gasteiger partial charge in [0.05, 0.1) is 0 Å². The molecule has 1 atom stereocenters. The Bertz CT molecular complexity index is 427. The van der Waals surface area contributed by atoms with E-state index in [9.17, 15) is 0 Å². The summed E-state index contributed by atoms with van der Waals surface area (Å²) in [6, 6.07) is 7.73. The molecule has 2 saturated heterocycles. The summed E-state index contributed by atoms with van der Waals surface area (Å²) in [6.45, 7) is 9.48. The highest BCUT2D eigenvalue weighted by molar-refractivity contribution is 5.51. The highest BCUT2D eigenvalue weighted by atomic mass is 15.3. The van der Waals surface area contributed by atoms with Gasteiger partial charge < -0.3 is 4.90 Å². The number of rotatable bonds is 1. The van der Waals surface area contributed by atoms with Crippen LogP contribution in [0.2, 0.25) is 0 Å². The molecule has 2 aliphatic heterocycles. The first kappa shape index (κ1) is 12.0. The van der Waals surface area contributed by atoms with E-state index in [1.807, 2.05) is 0 Å². The van der Waals surface area contributed by atoms with Crippen molar-refractivity contribution in [2.45, 2.75) is 39.2 Å². The highest BCUT2D eigenvalue weighted by Crippen LogP contribution is 2.26. The summed E-state index contributed by atoms with van der Waals surface area (Å²) in [5.74, 6) is 0. The molecule has 0 amide bonds. The summed E-state index contributed by atoms with van der Waals surface area (Å²) in [6.07, 6.45) is 4.09. The molecule has 1 unspecified atom stereocenters. The van der Waals surface area contributed by atoms with E-state index in [0.717, 1.165) is 6.04 Å². The maximum absolute atomic E-state index is 2.70. The number of fused-ring (bicyclic) bond motifs is 1. The van der Waals surface area contributed by atoms with Gasteiger partial charge in [-0.25, -0.2) is 0 Å². The Morgan fingerprint density at radius 2 is 1.83 bits per heavy atom. The number of aryl methyl sites for hydroxylation is 2. The van der Waals surface area contributed by atoms with Gasteiger partial charge in [0, 0.05) is 31.4 Å². The number of nitrogens with zero attached hydrogens (tertiary/aromatic N) is 2. The lowest BCUT2D eigenvalue weighted by molar-refractivity contribution is 0.273. The van der Waals surface area contributed by atoms with Crippen LogP contribution in [0.15, 0.2) is 18.2 Å². The fourth-order valence-electron chi connectivity index (χ4n) is 3.36. The minimum atomic E-state index is 0.800. The molecule has 98 valence electrons. The van der Waals surface area contributed by atoms with Crippen molar-refractivity contribution in [3.8, 4) is 0 Å². The first-order chi connectivity index (χ1) is 8.74. The van der Waals surface area contributed by atoms with E-state index in [0.29, 0.717) is 0 Å². The van der Waals surface area contributed by atoms with Crippen molar-refractivity contribution >= 4 is 5.69 Å². The van der Waals surface area contributed by atoms with Crippen molar-refractivity contribution in [2.24, 2.45) is 0 Å². The molecule has 0 saturated carbocycles. The molecule has 2 fully saturated rings. The van der Waals surface area contributed by atoms with Crippen molar-refractivity contribution in [2.75, 3.05) is 31.1 Å². The van der Waals surface area contributed by atoms with Crippen LogP contribution >= 0.6 is 0 Å². The van der Waals surface area contributed by atoms with E-state index >= 15 is 0 Å². The van der Waals surface area contributed by atoms with Gasteiger partial charge in [-0.05, 0) is 62.9 Å². The Balaban J connectivity index is 1.80. The number of hydrogen-bond acceptors (Lipinski definition) is 2. The minimum absolute atomic E-state index is 0.800. The fraction of sp³-hybridized carbons (Fsp3) is 0.625. The quantitative estimate of drug-likeness (QED) is 0.749. The van der Waals surface area contributed by atoms with E-state index in [1.165, 1.54) is 62.3 Å². The summed E-state index contributed by atoms with van der Waals surface area (Å²) >= 11 is 0. The molecule has 2 heteroatoms. The Morgan fingerprint density at radius 3 is 2.67 bits per heavy atom. The van der Waals surface area contributed by atoms with Crippen LogP contribution < -0.4 is 4.90 Å². The molecule has 0 bridgehead atoms. The second-order valence-corrected chi connectivity index (χ2v) is 5.90. The Hall–Kier alpha value is -1.02. The molecule has 0 aromatic heterocycles. The third-order valence-electron chi connectivity index (χ3n) is 4.66. The number of anilines is 1. The average molecular weight is 244 g/mol. The van der Waals surface area contributed by atoms with E-state index in [1.54, 1.807) is 0 Å². The van der Waals surface area contributed by atoms with E-state index in [4.69, 9.17) is 0 Å². The molecule has 3 rings (SSSR count). The van der Waals surface area contributed by atoms with Crippen molar-refractivity contribution in [1.29, 1.82) is 0 Å². The van der Waals surface area contributed by atoms with Gasteiger partial charge in [0.1, 0.15) is 0 Å². The third-order valence-corrected chi connectivity index (χ3v) is 4.66. The van der Waals surface area contributed by atoms with Crippen molar-refractivity contribution in [3.63, 3.8) is 0 Å². The van der Waals surface area contributed by atoms with Crippen LogP contribution in [0.1, 0.15) is 30.4 Å². The van der Waals surface area contributed by atoms with Crippen LogP contribution in [0.25, 0.3) is 0 Å². The number of benzene rings is 1. The van der Waals surface area contributed by atoms with Gasteiger partial charge in [-0.2, -0.15) is 0 Å². The van der Waals surface area contributed by atoms with Crippen LogP contribution in [0.3, 0.4) is 0 Å². The van der Waals surface area contributed by atoms with Crippen LogP contribution in [0.4, 0.5) is 5.69 Å². The molecular weight excluding hydrogens is 220 g/mol. The number of hydrogen-bond donors (Lipinski definition) is 0. The zero-order valence-corrected chi connectivity index (χ0v) is 11.7. The predicted octanol–water partition coefficient (Wildman–Crippen LogP) is 2.98. The van der Waals surface area contributed by atoms with Gasteiger partial charge >= 0.3 is 0 Å². The maximum atomic E-state index is 2.70. The van der Waals surface area contributed by atoms with E-state index in [2.05, 4.69) is 41.8 Å². The Morgan fingerprint density at radius 1 is 1.00 bits per heavy atom. The zero-order valence-electron chi connectivity index (χ0n) is 11.7. The van der Waals surface area contributed by atoms with Crippen LogP contribution in [-0.4, -0.2) is 37.1 Å². The molecule has 0 aliphatic carbocycles. The van der Waals surface area contributed by atoms with Gasteiger partial charge in [0.25, 0.3) is 0 Å². The molecule has 0 N–H and O–H groups in total. The lowest BCUT2D eigenvalue weighted by Gasteiger charge is -2.27. The molecule has 18 heavy (non-hydrogen) atoms. The van der Waals surface area contributed by atoms with Gasteiger partial charge in [-0.1, -0.05) is 6.07 Å². The summed E-state index contributed by atoms with van der Waals surface area (Å²) < 4.78 is 0. The van der Waals surface area contributed by atoms with E-state index in [-0.39, 0.29) is 0 Å². The van der Waals surface area contributed by atoms with Gasteiger partial charge in [-0.15, -0.1) is 0 Å². The van der Waals surface area contributed by atoms with Crippen molar-refractivity contribution in [3.05, 3.63) is 29.3 Å². The largest absolute Gasteiger partial charge is 0.370 e. The first-order valence-corrected chi connectivity index (χ1v) is 7.30. The van der Waals surface area contributed by atoms with Gasteiger partial charge in [-0.3, -0.25) is 4.90 Å². The molecule has 0 radical (unpaired) electrons. The maximum Gasteiger partial charge on any atom is 0.0369 e. The monoisotopic (exact) mass is 244 g/mol. The Kier molecular flexibility index (Phi) is 3.29. The SMILES string of the molecule is Cc1ccc(N2CCCN3CCCC3C2)cc1C. The molecule has 2 heterocycles. The fourth-order valence-corrected chi connectivity index (χ4v) is 3.36. The molecule has 2 aliphatic rings. The van der Waals surface area contributed by atoms with Crippen LogP contribution in [-0.2, 0) is 0 Å². The average Bonchev–Trinajstić information content (AvgIpc) is 2.70. The standard InChI is InChI=1S/C16H24N2/c1-13-6-7-15(11-14(13)2)18-10-4-9-17-8-3-5-16(17)12-18/h6-7,11,16H,3-5,8-10,12H2,1-2H3. The van der Waals surface area contributed by atoms with Crippen molar-refractivity contribution < 1.29 is 0 Å². The minimum Gasteiger partial charge on any atom is -0.370 e. The topological polar surface area (TPSA) is 6.48 Å². The lowest BCUT2D eigenvalue weighted by atomic mass is 10.1. The van der Waals surface area contributed by atoms with Gasteiger partial charge in [0.15, 0.2) is 0 Å². The third kappa shape index (κ3) is 2.26. The molecule has 1 aromatic rings. The highest BCUT2D eigenvalue weighted by Gasteiger charge is 2.28. The smallest absolute Gasteiger partial charge is 0.0369 e. The second-order valence-electron chi connectivity index (χ2n) is 5.90. The summed E-state index contributed by atoms with van der Waals surface area (Å²) in [5.41, 5.74) is 4.24. The van der Waals surface area contributed by atoms with Crippen molar-refractivity contribution in [1.82, 2.24) is 4.90 Å². The predicted molar refractivity (Wildman–Crippen MR) is 77.3 cm³/mol. The van der Waals surface area contributed by atoms with Gasteiger partial charge in [0.2, 0.25) is 0 Å². The summed E-state index contributed by atoms with van der Waals surface area (Å²) in [5, 5.41) is 0. The first-order valence-electron chi connectivity index (χ1n) is 7.30.